The predicted molar refractivity (Wildman–Crippen MR) is 65.8 cm³/mol. The Balaban J connectivity index is 2.46. The molecule has 0 fully saturated rings. The Bertz CT molecular complexity index is 498. The lowest BCUT2D eigenvalue weighted by molar-refractivity contribution is -0.131. The molecule has 1 aromatic rings. The molecule has 3 nitrogen and oxygen atoms in total. The van der Waals surface area contributed by atoms with Crippen molar-refractivity contribution in [3.63, 3.8) is 0 Å². The molecule has 0 N–H and O–H groups in total. The van der Waals surface area contributed by atoms with Gasteiger partial charge in [0, 0.05) is 23.5 Å². The average molecular weight is 229 g/mol. The molecule has 1 aromatic heterocycles. The van der Waals surface area contributed by atoms with E-state index in [0.29, 0.717) is 17.3 Å². The van der Waals surface area contributed by atoms with Crippen molar-refractivity contribution in [1.29, 1.82) is 0 Å². The Labute approximate surface area is 101 Å². The number of carbonyl (C=O) groups excluding carboxylic acids is 1. The molecule has 17 heavy (non-hydrogen) atoms. The van der Waals surface area contributed by atoms with Gasteiger partial charge in [0.05, 0.1) is 5.57 Å². The van der Waals surface area contributed by atoms with Crippen LogP contribution in [-0.4, -0.2) is 11.0 Å². The van der Waals surface area contributed by atoms with Gasteiger partial charge in [0.15, 0.2) is 0 Å². The first-order valence-corrected chi connectivity index (χ1v) is 5.65. The van der Waals surface area contributed by atoms with E-state index < -0.39 is 0 Å². The monoisotopic (exact) mass is 229 g/mol. The van der Waals surface area contributed by atoms with Crippen LogP contribution in [0.3, 0.4) is 0 Å². The van der Waals surface area contributed by atoms with Crippen molar-refractivity contribution < 1.29 is 9.53 Å². The molecule has 0 aliphatic carbocycles. The van der Waals surface area contributed by atoms with Gasteiger partial charge in [-0.1, -0.05) is 19.9 Å². The van der Waals surface area contributed by atoms with Gasteiger partial charge >= 0.3 is 5.97 Å². The highest BCUT2D eigenvalue weighted by Gasteiger charge is 2.28. The van der Waals surface area contributed by atoms with Crippen LogP contribution in [0.15, 0.2) is 41.9 Å². The third-order valence-electron chi connectivity index (χ3n) is 2.59. The molecule has 1 aliphatic heterocycles. The zero-order valence-corrected chi connectivity index (χ0v) is 10.2. The first-order chi connectivity index (χ1) is 8.09. The Morgan fingerprint density at radius 2 is 2.18 bits per heavy atom. The second-order valence-electron chi connectivity index (χ2n) is 4.41. The second-order valence-corrected chi connectivity index (χ2v) is 4.41. The number of hydrogen-bond acceptors (Lipinski definition) is 3. The van der Waals surface area contributed by atoms with E-state index in [2.05, 4.69) is 18.8 Å². The molecule has 0 bridgehead atoms. The number of pyridine rings is 1. The quantitative estimate of drug-likeness (QED) is 0.732. The highest BCUT2D eigenvalue weighted by atomic mass is 16.5. The van der Waals surface area contributed by atoms with Crippen molar-refractivity contribution in [1.82, 2.24) is 4.98 Å². The number of ether oxygens (including phenoxy) is 1. The summed E-state index contributed by atoms with van der Waals surface area (Å²) in [4.78, 5) is 15.9. The molecule has 1 aliphatic rings. The number of nitrogens with zero attached hydrogens (tertiary/aromatic N) is 1. The number of cyclic esters (lactones) is 1. The molecule has 0 unspecified atom stereocenters. The summed E-state index contributed by atoms with van der Waals surface area (Å²) in [6.07, 6.45) is 5.32. The summed E-state index contributed by atoms with van der Waals surface area (Å²) in [6, 6.07) is 3.68. The summed E-state index contributed by atoms with van der Waals surface area (Å²) < 4.78 is 5.27. The number of aromatic nitrogens is 1. The van der Waals surface area contributed by atoms with Crippen LogP contribution in [0.5, 0.6) is 0 Å². The second kappa shape index (κ2) is 4.53. The molecule has 2 heterocycles. The fraction of sp³-hybridized carbons (Fsp3) is 0.286. The molecule has 0 amide bonds. The standard InChI is InChI=1S/C14H15NO2/c1-9(2)7-12-10(3)13(14(16)17-12)11-5-4-6-15-8-11/h4-9H,1-3H3/b12-7-. The zero-order chi connectivity index (χ0) is 12.4. The lowest BCUT2D eigenvalue weighted by Gasteiger charge is -2.00. The molecule has 0 spiro atoms. The predicted octanol–water partition coefficient (Wildman–Crippen LogP) is 2.95. The van der Waals surface area contributed by atoms with Gasteiger partial charge in [-0.05, 0) is 25.0 Å². The molecule has 2 rings (SSSR count). The fourth-order valence-electron chi connectivity index (χ4n) is 1.81. The SMILES string of the molecule is CC1=C(c2cccnc2)C(=O)O/C1=C\C(C)C. The number of allylic oxidation sites excluding steroid dienone is 2. The van der Waals surface area contributed by atoms with Crippen molar-refractivity contribution in [3.8, 4) is 0 Å². The van der Waals surface area contributed by atoms with E-state index in [4.69, 9.17) is 4.74 Å². The van der Waals surface area contributed by atoms with E-state index in [1.165, 1.54) is 0 Å². The van der Waals surface area contributed by atoms with Crippen molar-refractivity contribution in [2.75, 3.05) is 0 Å². The van der Waals surface area contributed by atoms with Crippen LogP contribution in [0.25, 0.3) is 5.57 Å². The van der Waals surface area contributed by atoms with Gasteiger partial charge in [-0.2, -0.15) is 0 Å². The summed E-state index contributed by atoms with van der Waals surface area (Å²) in [5.41, 5.74) is 2.31. The van der Waals surface area contributed by atoms with Crippen LogP contribution >= 0.6 is 0 Å². The van der Waals surface area contributed by atoms with Gasteiger partial charge in [0.2, 0.25) is 0 Å². The van der Waals surface area contributed by atoms with Gasteiger partial charge in [0.25, 0.3) is 0 Å². The zero-order valence-electron chi connectivity index (χ0n) is 10.2. The third kappa shape index (κ3) is 2.28. The summed E-state index contributed by atoms with van der Waals surface area (Å²) in [5.74, 6) is 0.729. The maximum atomic E-state index is 11.8. The molecular formula is C14H15NO2. The van der Waals surface area contributed by atoms with Crippen molar-refractivity contribution in [2.24, 2.45) is 5.92 Å². The van der Waals surface area contributed by atoms with Gasteiger partial charge < -0.3 is 4.74 Å². The highest BCUT2D eigenvalue weighted by molar-refractivity contribution is 6.20. The Morgan fingerprint density at radius 3 is 2.76 bits per heavy atom. The largest absolute Gasteiger partial charge is 0.423 e. The van der Waals surface area contributed by atoms with Crippen LogP contribution in [0.4, 0.5) is 0 Å². The molecule has 88 valence electrons. The van der Waals surface area contributed by atoms with E-state index in [9.17, 15) is 4.79 Å². The van der Waals surface area contributed by atoms with E-state index in [1.807, 2.05) is 25.1 Å². The van der Waals surface area contributed by atoms with Crippen LogP contribution in [-0.2, 0) is 9.53 Å². The van der Waals surface area contributed by atoms with E-state index in [-0.39, 0.29) is 5.97 Å². The molecule has 0 atom stereocenters. The average Bonchev–Trinajstić information content (AvgIpc) is 2.54. The van der Waals surface area contributed by atoms with Gasteiger partial charge in [-0.3, -0.25) is 4.98 Å². The molecule has 3 heteroatoms. The first kappa shape index (κ1) is 11.6. The summed E-state index contributed by atoms with van der Waals surface area (Å²) in [7, 11) is 0. The van der Waals surface area contributed by atoms with Gasteiger partial charge in [-0.25, -0.2) is 4.79 Å². The van der Waals surface area contributed by atoms with Crippen molar-refractivity contribution in [3.05, 3.63) is 47.5 Å². The number of carbonyl (C=O) groups is 1. The summed E-state index contributed by atoms with van der Waals surface area (Å²) in [6.45, 7) is 6.01. The van der Waals surface area contributed by atoms with Crippen molar-refractivity contribution >= 4 is 11.5 Å². The minimum Gasteiger partial charge on any atom is -0.423 e. The maximum Gasteiger partial charge on any atom is 0.344 e. The fourth-order valence-corrected chi connectivity index (χ4v) is 1.81. The minimum atomic E-state index is -0.289. The molecule has 0 saturated carbocycles. The molecule has 0 radical (unpaired) electrons. The lowest BCUT2D eigenvalue weighted by Crippen LogP contribution is -1.98. The topological polar surface area (TPSA) is 39.2 Å². The Morgan fingerprint density at radius 1 is 1.41 bits per heavy atom. The van der Waals surface area contributed by atoms with E-state index in [1.54, 1.807) is 12.4 Å². The summed E-state index contributed by atoms with van der Waals surface area (Å²) in [5, 5.41) is 0. The molecule has 0 aromatic carbocycles. The van der Waals surface area contributed by atoms with E-state index in [0.717, 1.165) is 11.1 Å². The highest BCUT2D eigenvalue weighted by Crippen LogP contribution is 2.32. The Hall–Kier alpha value is -1.90. The van der Waals surface area contributed by atoms with Crippen LogP contribution in [0, 0.1) is 5.92 Å². The minimum absolute atomic E-state index is 0.289. The third-order valence-corrected chi connectivity index (χ3v) is 2.59. The number of hydrogen-bond donors (Lipinski definition) is 0. The smallest absolute Gasteiger partial charge is 0.344 e. The maximum absolute atomic E-state index is 11.8. The van der Waals surface area contributed by atoms with Crippen LogP contribution in [0.1, 0.15) is 26.3 Å². The number of rotatable bonds is 2. The van der Waals surface area contributed by atoms with E-state index >= 15 is 0 Å². The first-order valence-electron chi connectivity index (χ1n) is 5.65. The van der Waals surface area contributed by atoms with Crippen LogP contribution in [0.2, 0.25) is 0 Å². The van der Waals surface area contributed by atoms with Gasteiger partial charge in [-0.15, -0.1) is 0 Å². The lowest BCUT2D eigenvalue weighted by atomic mass is 10.0. The van der Waals surface area contributed by atoms with Crippen LogP contribution < -0.4 is 0 Å². The normalized spacial score (nSPS) is 18.1. The van der Waals surface area contributed by atoms with Gasteiger partial charge in [0.1, 0.15) is 5.76 Å². The molecular weight excluding hydrogens is 214 g/mol. The summed E-state index contributed by atoms with van der Waals surface area (Å²) >= 11 is 0. The van der Waals surface area contributed by atoms with Crippen molar-refractivity contribution in [2.45, 2.75) is 20.8 Å². The molecule has 0 saturated heterocycles. The number of esters is 1. The Kier molecular flexibility index (Phi) is 3.09.